The van der Waals surface area contributed by atoms with Crippen LogP contribution in [0.15, 0.2) is 42.6 Å². The van der Waals surface area contributed by atoms with Crippen LogP contribution in [0.1, 0.15) is 21.9 Å². The summed E-state index contributed by atoms with van der Waals surface area (Å²) >= 11 is 2.04. The molecule has 0 unspecified atom stereocenters. The van der Waals surface area contributed by atoms with E-state index in [1.165, 1.54) is 7.11 Å². The van der Waals surface area contributed by atoms with Gasteiger partial charge in [0, 0.05) is 34.0 Å². The molecule has 178 valence electrons. The molecular weight excluding hydrogens is 572 g/mol. The van der Waals surface area contributed by atoms with Gasteiger partial charge in [-0.15, -0.1) is 0 Å². The number of hydrogen-bond donors (Lipinski definition) is 1. The molecule has 5 aromatic rings. The van der Waals surface area contributed by atoms with Crippen molar-refractivity contribution < 1.29 is 22.7 Å². The van der Waals surface area contributed by atoms with Crippen LogP contribution in [0.4, 0.5) is 18.9 Å². The first-order chi connectivity index (χ1) is 16.6. The van der Waals surface area contributed by atoms with Crippen LogP contribution in [0.2, 0.25) is 0 Å². The number of nitrogens with zero attached hydrogens (tertiary/aromatic N) is 3. The number of ketones is 1. The van der Waals surface area contributed by atoms with Crippen molar-refractivity contribution in [1.82, 2.24) is 14.0 Å². The summed E-state index contributed by atoms with van der Waals surface area (Å²) in [6.45, 7) is 1.78. The maximum atomic E-state index is 15.9. The zero-order valence-electron chi connectivity index (χ0n) is 18.8. The fourth-order valence-electron chi connectivity index (χ4n) is 4.24. The summed E-state index contributed by atoms with van der Waals surface area (Å²) in [4.78, 5) is 17.6. The molecule has 0 aliphatic heterocycles. The van der Waals surface area contributed by atoms with Crippen LogP contribution in [0, 0.1) is 27.9 Å². The Morgan fingerprint density at radius 3 is 2.49 bits per heavy atom. The lowest BCUT2D eigenvalue weighted by atomic mass is 10.0. The maximum Gasteiger partial charge on any atom is 0.209 e. The Balaban J connectivity index is 1.77. The molecule has 0 spiro atoms. The second-order valence-electron chi connectivity index (χ2n) is 8.05. The lowest BCUT2D eigenvalue weighted by molar-refractivity contribution is 0.103. The number of benzene rings is 2. The number of aryl methyl sites for hydroxylation is 2. The standard InChI is InChI=1S/C25H18F3IN4O2/c1-11-31-23-17(32(11)2)10-19(35-3)20(21(23)28)13-5-4-6-33-18(9-16(29)24(13)33)25(34)12-7-14(26)22(30)15(27)8-12/h4-10H,30H2,1-3H3. The van der Waals surface area contributed by atoms with Crippen molar-refractivity contribution in [3.05, 3.63) is 80.7 Å². The number of aromatic nitrogens is 3. The molecule has 0 radical (unpaired) electrons. The van der Waals surface area contributed by atoms with Crippen molar-refractivity contribution in [3.8, 4) is 16.9 Å². The SMILES string of the molecule is COc1cc2c(nc(C)n2C)c(F)c1-c1cccn2c(C(=O)c3cc(F)c(N)c(F)c3)cc(I)c12. The summed E-state index contributed by atoms with van der Waals surface area (Å²) < 4.78 is 53.4. The number of halogens is 4. The number of hydrogen-bond acceptors (Lipinski definition) is 4. The molecule has 0 bridgehead atoms. The number of nitrogen functional groups attached to an aromatic ring is 1. The second kappa shape index (κ2) is 8.29. The zero-order chi connectivity index (χ0) is 25.2. The number of rotatable bonds is 4. The van der Waals surface area contributed by atoms with E-state index in [0.717, 1.165) is 12.1 Å². The van der Waals surface area contributed by atoms with E-state index in [9.17, 15) is 13.6 Å². The monoisotopic (exact) mass is 590 g/mol. The number of ether oxygens (including phenoxy) is 1. The highest BCUT2D eigenvalue weighted by Gasteiger charge is 2.25. The molecule has 0 aliphatic rings. The molecule has 3 heterocycles. The molecule has 3 aromatic heterocycles. The summed E-state index contributed by atoms with van der Waals surface area (Å²) in [6.07, 6.45) is 1.63. The highest BCUT2D eigenvalue weighted by atomic mass is 127. The van der Waals surface area contributed by atoms with Gasteiger partial charge < -0.3 is 19.4 Å². The Morgan fingerprint density at radius 1 is 1.14 bits per heavy atom. The average molecular weight is 590 g/mol. The van der Waals surface area contributed by atoms with Gasteiger partial charge in [0.15, 0.2) is 5.82 Å². The van der Waals surface area contributed by atoms with Crippen molar-refractivity contribution in [2.45, 2.75) is 6.92 Å². The molecule has 0 saturated carbocycles. The number of carbonyl (C=O) groups excluding carboxylic acids is 1. The Bertz CT molecular complexity index is 1670. The maximum absolute atomic E-state index is 15.9. The van der Waals surface area contributed by atoms with E-state index >= 15 is 4.39 Å². The molecule has 6 nitrogen and oxygen atoms in total. The molecule has 0 fully saturated rings. The van der Waals surface area contributed by atoms with Crippen molar-refractivity contribution in [2.24, 2.45) is 7.05 Å². The molecule has 0 aliphatic carbocycles. The summed E-state index contributed by atoms with van der Waals surface area (Å²) in [5.74, 6) is -2.25. The van der Waals surface area contributed by atoms with Crippen molar-refractivity contribution in [1.29, 1.82) is 0 Å². The normalized spacial score (nSPS) is 11.5. The fourth-order valence-corrected chi connectivity index (χ4v) is 5.09. The first-order valence-corrected chi connectivity index (χ1v) is 11.5. The number of anilines is 1. The Morgan fingerprint density at radius 2 is 1.83 bits per heavy atom. The minimum absolute atomic E-state index is 0.156. The van der Waals surface area contributed by atoms with Gasteiger partial charge >= 0.3 is 0 Å². The van der Waals surface area contributed by atoms with Gasteiger partial charge in [-0.1, -0.05) is 6.07 Å². The van der Waals surface area contributed by atoms with Crippen molar-refractivity contribution >= 4 is 50.6 Å². The lowest BCUT2D eigenvalue weighted by Gasteiger charge is -2.13. The predicted octanol–water partition coefficient (Wildman–Crippen LogP) is 5.65. The van der Waals surface area contributed by atoms with Crippen LogP contribution in [-0.4, -0.2) is 26.8 Å². The van der Waals surface area contributed by atoms with Crippen LogP contribution in [0.3, 0.4) is 0 Å². The third-order valence-corrected chi connectivity index (χ3v) is 6.93. The third kappa shape index (κ3) is 3.46. The zero-order valence-corrected chi connectivity index (χ0v) is 20.9. The van der Waals surface area contributed by atoms with Gasteiger partial charge in [-0.2, -0.15) is 0 Å². The number of nitrogens with two attached hydrogens (primary N) is 1. The fraction of sp³-hybridized carbons (Fsp3) is 0.120. The van der Waals surface area contributed by atoms with Gasteiger partial charge in [0.25, 0.3) is 0 Å². The molecule has 2 aromatic carbocycles. The Labute approximate surface area is 211 Å². The number of fused-ring (bicyclic) bond motifs is 2. The van der Waals surface area contributed by atoms with Gasteiger partial charge in [0.2, 0.25) is 5.78 Å². The second-order valence-corrected chi connectivity index (χ2v) is 9.22. The molecular formula is C25H18F3IN4O2. The van der Waals surface area contributed by atoms with Crippen LogP contribution in [0.5, 0.6) is 5.75 Å². The van der Waals surface area contributed by atoms with Crippen LogP contribution in [-0.2, 0) is 7.05 Å². The lowest BCUT2D eigenvalue weighted by Crippen LogP contribution is -2.08. The molecule has 0 atom stereocenters. The Hall–Kier alpha value is -3.54. The van der Waals surface area contributed by atoms with Gasteiger partial charge in [-0.3, -0.25) is 4.79 Å². The molecule has 10 heteroatoms. The third-order valence-electron chi connectivity index (χ3n) is 6.11. The van der Waals surface area contributed by atoms with Crippen LogP contribution >= 0.6 is 22.6 Å². The predicted molar refractivity (Wildman–Crippen MR) is 135 cm³/mol. The largest absolute Gasteiger partial charge is 0.496 e. The van der Waals surface area contributed by atoms with Crippen molar-refractivity contribution in [2.75, 3.05) is 12.8 Å². The Kier molecular flexibility index (Phi) is 5.50. The molecule has 5 rings (SSSR count). The van der Waals surface area contributed by atoms with E-state index in [1.54, 1.807) is 53.4 Å². The van der Waals surface area contributed by atoms with E-state index in [1.807, 2.05) is 22.6 Å². The molecule has 35 heavy (non-hydrogen) atoms. The topological polar surface area (TPSA) is 74.5 Å². The summed E-state index contributed by atoms with van der Waals surface area (Å²) in [7, 11) is 3.25. The van der Waals surface area contributed by atoms with Crippen LogP contribution in [0.25, 0.3) is 27.7 Å². The number of pyridine rings is 1. The van der Waals surface area contributed by atoms with E-state index in [2.05, 4.69) is 4.98 Å². The smallest absolute Gasteiger partial charge is 0.209 e. The highest BCUT2D eigenvalue weighted by molar-refractivity contribution is 14.1. The van der Waals surface area contributed by atoms with Gasteiger partial charge in [0.1, 0.15) is 34.4 Å². The van der Waals surface area contributed by atoms with E-state index in [4.69, 9.17) is 10.5 Å². The highest BCUT2D eigenvalue weighted by Crippen LogP contribution is 2.41. The van der Waals surface area contributed by atoms with Gasteiger partial charge in [-0.25, -0.2) is 18.2 Å². The molecule has 2 N–H and O–H groups in total. The first-order valence-electron chi connectivity index (χ1n) is 10.4. The number of carbonyl (C=O) groups is 1. The summed E-state index contributed by atoms with van der Waals surface area (Å²) in [5, 5.41) is 0. The van der Waals surface area contributed by atoms with E-state index < -0.39 is 28.9 Å². The average Bonchev–Trinajstić information content (AvgIpc) is 3.33. The van der Waals surface area contributed by atoms with Crippen molar-refractivity contribution in [3.63, 3.8) is 0 Å². The van der Waals surface area contributed by atoms with E-state index in [-0.39, 0.29) is 22.3 Å². The quantitative estimate of drug-likeness (QED) is 0.167. The first kappa shape index (κ1) is 23.2. The number of methoxy groups -OCH3 is 1. The molecule has 0 amide bonds. The minimum atomic E-state index is -1.02. The summed E-state index contributed by atoms with van der Waals surface area (Å²) in [6, 6.07) is 8.48. The van der Waals surface area contributed by atoms with Gasteiger partial charge in [0.05, 0.1) is 29.4 Å². The number of imidazole rings is 1. The molecule has 0 saturated heterocycles. The van der Waals surface area contributed by atoms with Gasteiger partial charge in [-0.05, 0) is 53.8 Å². The minimum Gasteiger partial charge on any atom is -0.496 e. The summed E-state index contributed by atoms with van der Waals surface area (Å²) in [5.41, 5.74) is 6.65. The van der Waals surface area contributed by atoms with E-state index in [0.29, 0.717) is 31.7 Å². The van der Waals surface area contributed by atoms with Crippen LogP contribution < -0.4 is 10.5 Å².